The maximum Gasteiger partial charge on any atom is 0.322 e. The Morgan fingerprint density at radius 3 is 2.61 bits per heavy atom. The number of amides is 2. The van der Waals surface area contributed by atoms with E-state index in [0.717, 1.165) is 28.1 Å². The highest BCUT2D eigenvalue weighted by molar-refractivity contribution is 5.89. The third kappa shape index (κ3) is 3.67. The lowest BCUT2D eigenvalue weighted by molar-refractivity contribution is 0.205. The van der Waals surface area contributed by atoms with Crippen molar-refractivity contribution in [2.24, 2.45) is 0 Å². The van der Waals surface area contributed by atoms with Crippen LogP contribution in [0.4, 0.5) is 10.5 Å². The van der Waals surface area contributed by atoms with Crippen molar-refractivity contribution in [2.75, 3.05) is 11.9 Å². The number of benzene rings is 2. The molecular formula is C22H22N4O2. The van der Waals surface area contributed by atoms with Gasteiger partial charge in [0.05, 0.1) is 17.8 Å². The van der Waals surface area contributed by atoms with Crippen LogP contribution in [-0.4, -0.2) is 27.4 Å². The van der Waals surface area contributed by atoms with Gasteiger partial charge in [0, 0.05) is 24.2 Å². The lowest BCUT2D eigenvalue weighted by Crippen LogP contribution is -2.41. The molecule has 0 saturated carbocycles. The van der Waals surface area contributed by atoms with Crippen molar-refractivity contribution < 1.29 is 4.79 Å². The molecule has 0 fully saturated rings. The van der Waals surface area contributed by atoms with Crippen LogP contribution in [0, 0.1) is 13.8 Å². The molecule has 1 aliphatic rings. The zero-order chi connectivity index (χ0) is 19.7. The molecule has 0 spiro atoms. The maximum atomic E-state index is 12.7. The van der Waals surface area contributed by atoms with Crippen LogP contribution in [0.15, 0.2) is 53.3 Å². The zero-order valence-corrected chi connectivity index (χ0v) is 16.0. The quantitative estimate of drug-likeness (QED) is 0.719. The molecule has 2 heterocycles. The zero-order valence-electron chi connectivity index (χ0n) is 16.0. The van der Waals surface area contributed by atoms with Crippen molar-refractivity contribution in [3.05, 3.63) is 81.3 Å². The Bertz CT molecular complexity index is 1100. The van der Waals surface area contributed by atoms with Crippen molar-refractivity contribution in [3.63, 3.8) is 0 Å². The molecule has 0 bridgehead atoms. The lowest BCUT2D eigenvalue weighted by atomic mass is 10.1. The van der Waals surface area contributed by atoms with Gasteiger partial charge in [0.1, 0.15) is 5.82 Å². The second-order valence-corrected chi connectivity index (χ2v) is 7.18. The standard InChI is InChI=1S/C22H22N4O2/c1-14-5-3-7-16(11-14)20-24-19-9-10-26(13-18(19)21(27)25-20)22(28)23-17-8-4-6-15(2)12-17/h3-8,11-12H,9-10,13H2,1-2H3,(H,23,28)(H,24,25,27). The summed E-state index contributed by atoms with van der Waals surface area (Å²) in [5.41, 5.74) is 4.96. The van der Waals surface area contributed by atoms with Crippen LogP contribution in [0.3, 0.4) is 0 Å². The van der Waals surface area contributed by atoms with Gasteiger partial charge in [-0.25, -0.2) is 9.78 Å². The smallest absolute Gasteiger partial charge is 0.320 e. The predicted octanol–water partition coefficient (Wildman–Crippen LogP) is 3.64. The molecule has 0 radical (unpaired) electrons. The predicted molar refractivity (Wildman–Crippen MR) is 109 cm³/mol. The molecule has 1 aliphatic heterocycles. The molecule has 6 heteroatoms. The second-order valence-electron chi connectivity index (χ2n) is 7.18. The van der Waals surface area contributed by atoms with Crippen LogP contribution in [0.25, 0.3) is 11.4 Å². The number of hydrogen-bond acceptors (Lipinski definition) is 3. The number of aromatic nitrogens is 2. The number of aryl methyl sites for hydroxylation is 2. The van der Waals surface area contributed by atoms with Crippen molar-refractivity contribution in [1.29, 1.82) is 0 Å². The third-order valence-electron chi connectivity index (χ3n) is 4.92. The summed E-state index contributed by atoms with van der Waals surface area (Å²) in [5.74, 6) is 0.574. The molecule has 4 rings (SSSR count). The Hall–Kier alpha value is -3.41. The summed E-state index contributed by atoms with van der Waals surface area (Å²) in [6.07, 6.45) is 0.555. The number of rotatable bonds is 2. The molecular weight excluding hydrogens is 352 g/mol. The van der Waals surface area contributed by atoms with E-state index in [4.69, 9.17) is 0 Å². The van der Waals surface area contributed by atoms with Gasteiger partial charge in [-0.3, -0.25) is 4.79 Å². The summed E-state index contributed by atoms with van der Waals surface area (Å²) in [6.45, 7) is 4.76. The Balaban J connectivity index is 1.56. The van der Waals surface area contributed by atoms with E-state index in [0.29, 0.717) is 24.4 Å². The Labute approximate surface area is 163 Å². The highest BCUT2D eigenvalue weighted by Crippen LogP contribution is 2.20. The van der Waals surface area contributed by atoms with E-state index in [2.05, 4.69) is 15.3 Å². The summed E-state index contributed by atoms with van der Waals surface area (Å²) in [6, 6.07) is 15.3. The van der Waals surface area contributed by atoms with Gasteiger partial charge in [0.2, 0.25) is 0 Å². The molecule has 1 aromatic heterocycles. The summed E-state index contributed by atoms with van der Waals surface area (Å²) < 4.78 is 0. The minimum Gasteiger partial charge on any atom is -0.320 e. The van der Waals surface area contributed by atoms with Crippen molar-refractivity contribution >= 4 is 11.7 Å². The van der Waals surface area contributed by atoms with Gasteiger partial charge in [0.15, 0.2) is 0 Å². The van der Waals surface area contributed by atoms with Crippen LogP contribution in [-0.2, 0) is 13.0 Å². The first-order valence-electron chi connectivity index (χ1n) is 9.31. The topological polar surface area (TPSA) is 78.1 Å². The number of aromatic amines is 1. The van der Waals surface area contributed by atoms with Gasteiger partial charge in [-0.05, 0) is 37.6 Å². The summed E-state index contributed by atoms with van der Waals surface area (Å²) >= 11 is 0. The molecule has 6 nitrogen and oxygen atoms in total. The van der Waals surface area contributed by atoms with E-state index in [1.165, 1.54) is 0 Å². The fraction of sp³-hybridized carbons (Fsp3) is 0.227. The van der Waals surface area contributed by atoms with E-state index in [1.807, 2.05) is 62.4 Å². The molecule has 0 unspecified atom stereocenters. The van der Waals surface area contributed by atoms with Crippen LogP contribution < -0.4 is 10.9 Å². The molecule has 2 amide bonds. The van der Waals surface area contributed by atoms with Crippen molar-refractivity contribution in [2.45, 2.75) is 26.8 Å². The number of nitrogens with zero attached hydrogens (tertiary/aromatic N) is 2. The number of carbonyl (C=O) groups excluding carboxylic acids is 1. The van der Waals surface area contributed by atoms with E-state index in [1.54, 1.807) is 4.90 Å². The van der Waals surface area contributed by atoms with Gasteiger partial charge >= 0.3 is 6.03 Å². The molecule has 2 N–H and O–H groups in total. The van der Waals surface area contributed by atoms with Crippen LogP contribution in [0.5, 0.6) is 0 Å². The fourth-order valence-corrected chi connectivity index (χ4v) is 3.45. The second kappa shape index (κ2) is 7.31. The molecule has 3 aromatic rings. The number of urea groups is 1. The van der Waals surface area contributed by atoms with Gasteiger partial charge in [-0.1, -0.05) is 35.9 Å². The average Bonchev–Trinajstić information content (AvgIpc) is 2.67. The van der Waals surface area contributed by atoms with E-state index >= 15 is 0 Å². The highest BCUT2D eigenvalue weighted by atomic mass is 16.2. The third-order valence-corrected chi connectivity index (χ3v) is 4.92. The van der Waals surface area contributed by atoms with Crippen LogP contribution in [0.2, 0.25) is 0 Å². The number of hydrogen-bond donors (Lipinski definition) is 2. The first kappa shape index (κ1) is 18.0. The molecule has 142 valence electrons. The molecule has 2 aromatic carbocycles. The number of anilines is 1. The maximum absolute atomic E-state index is 12.7. The largest absolute Gasteiger partial charge is 0.322 e. The van der Waals surface area contributed by atoms with Gasteiger partial charge in [-0.2, -0.15) is 0 Å². The highest BCUT2D eigenvalue weighted by Gasteiger charge is 2.24. The normalized spacial score (nSPS) is 13.1. The minimum absolute atomic E-state index is 0.186. The number of carbonyl (C=O) groups is 1. The van der Waals surface area contributed by atoms with E-state index in [9.17, 15) is 9.59 Å². The number of H-pyrrole nitrogens is 1. The monoisotopic (exact) mass is 374 g/mol. The van der Waals surface area contributed by atoms with Gasteiger partial charge in [-0.15, -0.1) is 0 Å². The summed E-state index contributed by atoms with van der Waals surface area (Å²) in [7, 11) is 0. The average molecular weight is 374 g/mol. The minimum atomic E-state index is -0.210. The van der Waals surface area contributed by atoms with Gasteiger partial charge in [0.25, 0.3) is 5.56 Å². The number of nitrogens with one attached hydrogen (secondary N) is 2. The SMILES string of the molecule is Cc1cccc(NC(=O)N2CCc3nc(-c4cccc(C)c4)[nH]c(=O)c3C2)c1. The first-order chi connectivity index (χ1) is 13.5. The van der Waals surface area contributed by atoms with E-state index in [-0.39, 0.29) is 18.1 Å². The molecule has 28 heavy (non-hydrogen) atoms. The Morgan fingerprint density at radius 2 is 1.86 bits per heavy atom. The number of fused-ring (bicyclic) bond motifs is 1. The molecule has 0 aliphatic carbocycles. The summed E-state index contributed by atoms with van der Waals surface area (Å²) in [5, 5.41) is 2.90. The molecule has 0 atom stereocenters. The Kier molecular flexibility index (Phi) is 4.69. The Morgan fingerprint density at radius 1 is 1.11 bits per heavy atom. The lowest BCUT2D eigenvalue weighted by Gasteiger charge is -2.28. The molecule has 0 saturated heterocycles. The van der Waals surface area contributed by atoms with Crippen molar-refractivity contribution in [1.82, 2.24) is 14.9 Å². The first-order valence-corrected chi connectivity index (χ1v) is 9.31. The van der Waals surface area contributed by atoms with Crippen molar-refractivity contribution in [3.8, 4) is 11.4 Å². The van der Waals surface area contributed by atoms with Crippen LogP contribution >= 0.6 is 0 Å². The van der Waals surface area contributed by atoms with Gasteiger partial charge < -0.3 is 15.2 Å². The van der Waals surface area contributed by atoms with Crippen LogP contribution in [0.1, 0.15) is 22.4 Å². The van der Waals surface area contributed by atoms with E-state index < -0.39 is 0 Å². The fourth-order valence-electron chi connectivity index (χ4n) is 3.45. The summed E-state index contributed by atoms with van der Waals surface area (Å²) in [4.78, 5) is 34.4.